The number of anilines is 1. The van der Waals surface area contributed by atoms with E-state index in [0.29, 0.717) is 18.1 Å². The van der Waals surface area contributed by atoms with Crippen LogP contribution in [0.1, 0.15) is 41.5 Å². The van der Waals surface area contributed by atoms with Crippen molar-refractivity contribution in [3.05, 3.63) is 71.8 Å². The number of carbonyl (C=O) groups is 2. The fourth-order valence-electron chi connectivity index (χ4n) is 3.26. The molecule has 0 atom stereocenters. The van der Waals surface area contributed by atoms with E-state index < -0.39 is 21.9 Å². The zero-order chi connectivity index (χ0) is 24.0. The van der Waals surface area contributed by atoms with Crippen LogP contribution in [0.4, 0.5) is 5.00 Å². The third-order valence-corrected chi connectivity index (χ3v) is 8.14. The van der Waals surface area contributed by atoms with Crippen LogP contribution in [0.3, 0.4) is 0 Å². The van der Waals surface area contributed by atoms with Gasteiger partial charge in [0.05, 0.1) is 17.1 Å². The van der Waals surface area contributed by atoms with Gasteiger partial charge in [0.1, 0.15) is 5.00 Å². The number of carbonyl (C=O) groups excluding carboxylic acids is 2. The maximum absolute atomic E-state index is 12.9. The summed E-state index contributed by atoms with van der Waals surface area (Å²) in [7, 11) is -3.61. The highest BCUT2D eigenvalue weighted by Gasteiger charge is 2.23. The minimum atomic E-state index is -3.61. The molecule has 174 valence electrons. The topological polar surface area (TPSA) is 92.8 Å². The minimum Gasteiger partial charge on any atom is -0.462 e. The molecular weight excluding hydrogens is 460 g/mol. The molecule has 0 saturated carbocycles. The van der Waals surface area contributed by atoms with Crippen LogP contribution in [-0.2, 0) is 14.8 Å². The maximum Gasteiger partial charge on any atom is 0.341 e. The fourth-order valence-corrected chi connectivity index (χ4v) is 5.76. The summed E-state index contributed by atoms with van der Waals surface area (Å²) >= 11 is 1.27. The quantitative estimate of drug-likeness (QED) is 0.436. The molecule has 0 spiro atoms. The zero-order valence-corrected chi connectivity index (χ0v) is 20.3. The van der Waals surface area contributed by atoms with E-state index in [9.17, 15) is 18.0 Å². The summed E-state index contributed by atoms with van der Waals surface area (Å²) in [6, 6.07) is 17.0. The van der Waals surface area contributed by atoms with Crippen LogP contribution in [0.5, 0.6) is 0 Å². The largest absolute Gasteiger partial charge is 0.462 e. The second kappa shape index (κ2) is 10.7. The minimum absolute atomic E-state index is 0.123. The van der Waals surface area contributed by atoms with Crippen molar-refractivity contribution in [2.75, 3.05) is 25.0 Å². The van der Waals surface area contributed by atoms with E-state index in [2.05, 4.69) is 5.32 Å². The Kier molecular flexibility index (Phi) is 8.01. The van der Waals surface area contributed by atoms with Gasteiger partial charge < -0.3 is 10.1 Å². The molecule has 0 bridgehead atoms. The van der Waals surface area contributed by atoms with Gasteiger partial charge in [0.15, 0.2) is 0 Å². The lowest BCUT2D eigenvalue weighted by molar-refractivity contribution is 0.0528. The third kappa shape index (κ3) is 5.50. The molecule has 1 heterocycles. The smallest absolute Gasteiger partial charge is 0.341 e. The van der Waals surface area contributed by atoms with Crippen LogP contribution in [0.25, 0.3) is 10.4 Å². The molecule has 7 nitrogen and oxygen atoms in total. The summed E-state index contributed by atoms with van der Waals surface area (Å²) in [6.45, 7) is 6.20. The van der Waals surface area contributed by atoms with Gasteiger partial charge in [0, 0.05) is 23.5 Å². The van der Waals surface area contributed by atoms with E-state index in [1.54, 1.807) is 26.8 Å². The van der Waals surface area contributed by atoms with E-state index >= 15 is 0 Å². The van der Waals surface area contributed by atoms with Gasteiger partial charge in [0.2, 0.25) is 10.0 Å². The molecule has 9 heteroatoms. The molecule has 0 radical (unpaired) electrons. The molecule has 0 aliphatic heterocycles. The first-order valence-electron chi connectivity index (χ1n) is 10.6. The van der Waals surface area contributed by atoms with E-state index in [1.807, 2.05) is 30.3 Å². The number of rotatable bonds is 9. The number of amides is 1. The second-order valence-corrected chi connectivity index (χ2v) is 10.00. The van der Waals surface area contributed by atoms with Gasteiger partial charge in [-0.1, -0.05) is 44.2 Å². The van der Waals surface area contributed by atoms with Crippen molar-refractivity contribution in [1.82, 2.24) is 4.31 Å². The first kappa shape index (κ1) is 24.6. The van der Waals surface area contributed by atoms with Crippen LogP contribution in [0.2, 0.25) is 0 Å². The molecule has 1 N–H and O–H groups in total. The molecule has 1 amide bonds. The lowest BCUT2D eigenvalue weighted by atomic mass is 10.1. The lowest BCUT2D eigenvalue weighted by Crippen LogP contribution is -2.30. The number of nitrogens with zero attached hydrogens (tertiary/aromatic N) is 1. The van der Waals surface area contributed by atoms with Gasteiger partial charge in [-0.15, -0.1) is 11.3 Å². The number of nitrogens with one attached hydrogen (secondary N) is 1. The summed E-state index contributed by atoms with van der Waals surface area (Å²) in [5.74, 6) is -0.972. The molecule has 0 saturated heterocycles. The van der Waals surface area contributed by atoms with Crippen molar-refractivity contribution < 1.29 is 22.7 Å². The lowest BCUT2D eigenvalue weighted by Gasteiger charge is -2.18. The summed E-state index contributed by atoms with van der Waals surface area (Å²) in [4.78, 5) is 26.3. The number of sulfonamides is 1. The molecule has 3 rings (SSSR count). The fraction of sp³-hybridized carbons (Fsp3) is 0.250. The zero-order valence-electron chi connectivity index (χ0n) is 18.7. The van der Waals surface area contributed by atoms with Crippen LogP contribution in [-0.4, -0.2) is 44.3 Å². The second-order valence-electron chi connectivity index (χ2n) is 7.01. The van der Waals surface area contributed by atoms with Crippen molar-refractivity contribution in [1.29, 1.82) is 0 Å². The molecule has 0 fully saturated rings. The monoisotopic (exact) mass is 486 g/mol. The van der Waals surface area contributed by atoms with E-state index in [1.165, 1.54) is 39.9 Å². The molecule has 33 heavy (non-hydrogen) atoms. The highest BCUT2D eigenvalue weighted by Crippen LogP contribution is 2.36. The Hall–Kier alpha value is -3.01. The molecule has 0 aliphatic carbocycles. The van der Waals surface area contributed by atoms with Crippen LogP contribution in [0, 0.1) is 0 Å². The predicted molar refractivity (Wildman–Crippen MR) is 130 cm³/mol. The number of benzene rings is 2. The van der Waals surface area contributed by atoms with E-state index in [-0.39, 0.29) is 22.6 Å². The summed E-state index contributed by atoms with van der Waals surface area (Å²) in [5, 5.41) is 3.15. The average molecular weight is 487 g/mol. The Morgan fingerprint density at radius 3 is 2.18 bits per heavy atom. The SMILES string of the molecule is CCOC(=O)c1cc(-c2ccccc2)sc1NC(=O)c1ccc(S(=O)(=O)N(CC)CC)cc1. The number of hydrogen-bond acceptors (Lipinski definition) is 6. The molecular formula is C24H26N2O5S2. The number of ether oxygens (including phenoxy) is 1. The number of esters is 1. The molecule has 2 aromatic carbocycles. The Balaban J connectivity index is 1.87. The third-order valence-electron chi connectivity index (χ3n) is 4.97. The number of thiophene rings is 1. The normalized spacial score (nSPS) is 11.4. The van der Waals surface area contributed by atoms with Crippen molar-refractivity contribution in [3.63, 3.8) is 0 Å². The summed E-state index contributed by atoms with van der Waals surface area (Å²) in [5.41, 5.74) is 1.47. The van der Waals surface area contributed by atoms with Gasteiger partial charge in [-0.2, -0.15) is 4.31 Å². The van der Waals surface area contributed by atoms with Crippen molar-refractivity contribution in [2.24, 2.45) is 0 Å². The summed E-state index contributed by atoms with van der Waals surface area (Å²) < 4.78 is 31.8. The van der Waals surface area contributed by atoms with E-state index in [4.69, 9.17) is 4.74 Å². The Morgan fingerprint density at radius 2 is 1.61 bits per heavy atom. The average Bonchev–Trinajstić information content (AvgIpc) is 3.24. The predicted octanol–water partition coefficient (Wildman–Crippen LogP) is 4.87. The summed E-state index contributed by atoms with van der Waals surface area (Å²) in [6.07, 6.45) is 0. The standard InChI is InChI=1S/C24H26N2O5S2/c1-4-26(5-2)33(29,30)19-14-12-18(13-15-19)22(27)25-23-20(24(28)31-6-3)16-21(32-23)17-10-8-7-9-11-17/h7-16H,4-6H2,1-3H3,(H,25,27). The molecule has 0 aliphatic rings. The van der Waals surface area contributed by atoms with Gasteiger partial charge in [-0.05, 0) is 42.8 Å². The van der Waals surface area contributed by atoms with Crippen LogP contribution in [0.15, 0.2) is 65.6 Å². The van der Waals surface area contributed by atoms with E-state index in [0.717, 1.165) is 10.4 Å². The van der Waals surface area contributed by atoms with Crippen molar-refractivity contribution in [2.45, 2.75) is 25.7 Å². The van der Waals surface area contributed by atoms with Gasteiger partial charge in [-0.25, -0.2) is 13.2 Å². The Morgan fingerprint density at radius 1 is 0.970 bits per heavy atom. The van der Waals surface area contributed by atoms with Gasteiger partial charge in [0.25, 0.3) is 5.91 Å². The first-order valence-corrected chi connectivity index (χ1v) is 12.8. The van der Waals surface area contributed by atoms with Gasteiger partial charge >= 0.3 is 5.97 Å². The highest BCUT2D eigenvalue weighted by atomic mass is 32.2. The molecule has 0 unspecified atom stereocenters. The molecule has 3 aromatic rings. The Bertz CT molecular complexity index is 1220. The first-order chi connectivity index (χ1) is 15.8. The maximum atomic E-state index is 12.9. The number of hydrogen-bond donors (Lipinski definition) is 1. The van der Waals surface area contributed by atoms with Crippen molar-refractivity contribution >= 4 is 38.2 Å². The van der Waals surface area contributed by atoms with Crippen LogP contribution >= 0.6 is 11.3 Å². The van der Waals surface area contributed by atoms with Crippen LogP contribution < -0.4 is 5.32 Å². The molecule has 1 aromatic heterocycles. The van der Waals surface area contributed by atoms with Crippen molar-refractivity contribution in [3.8, 4) is 10.4 Å². The van der Waals surface area contributed by atoms with Gasteiger partial charge in [-0.3, -0.25) is 4.79 Å². The Labute approximate surface area is 198 Å². The highest BCUT2D eigenvalue weighted by molar-refractivity contribution is 7.89.